The third-order valence-corrected chi connectivity index (χ3v) is 6.48. The number of alkyl halides is 3. The first-order chi connectivity index (χ1) is 14.4. The zero-order valence-electron chi connectivity index (χ0n) is 17.3. The molecule has 1 amide bonds. The van der Waals surface area contributed by atoms with Crippen molar-refractivity contribution >= 4 is 21.6 Å². The summed E-state index contributed by atoms with van der Waals surface area (Å²) >= 11 is 0. The highest BCUT2D eigenvalue weighted by atomic mass is 32.2. The Balaban J connectivity index is 1.68. The second-order valence-electron chi connectivity index (χ2n) is 7.63. The van der Waals surface area contributed by atoms with Gasteiger partial charge in [0.1, 0.15) is 11.6 Å². The number of sulfone groups is 1. The molecule has 7 nitrogen and oxygen atoms in total. The van der Waals surface area contributed by atoms with Gasteiger partial charge in [-0.25, -0.2) is 18.4 Å². The summed E-state index contributed by atoms with van der Waals surface area (Å²) in [5.74, 6) is 1.37. The molecule has 1 aliphatic heterocycles. The number of rotatable bonds is 4. The first kappa shape index (κ1) is 23.0. The largest absolute Gasteiger partial charge is 0.501 e. The maximum Gasteiger partial charge on any atom is 0.501 e. The van der Waals surface area contributed by atoms with Crippen LogP contribution in [0.15, 0.2) is 35.2 Å². The second-order valence-corrected chi connectivity index (χ2v) is 9.57. The first-order valence-corrected chi connectivity index (χ1v) is 11.2. The molecular weight excluding hydrogens is 433 g/mol. The van der Waals surface area contributed by atoms with Crippen molar-refractivity contribution in [1.29, 1.82) is 0 Å². The van der Waals surface area contributed by atoms with Crippen molar-refractivity contribution in [2.24, 2.45) is 0 Å². The van der Waals surface area contributed by atoms with Gasteiger partial charge in [0, 0.05) is 49.4 Å². The lowest BCUT2D eigenvalue weighted by Gasteiger charge is -2.35. The molecule has 2 aromatic rings. The first-order valence-electron chi connectivity index (χ1n) is 9.71. The molecule has 168 valence electrons. The van der Waals surface area contributed by atoms with E-state index in [1.165, 1.54) is 0 Å². The van der Waals surface area contributed by atoms with E-state index in [1.54, 1.807) is 4.90 Å². The Bertz CT molecular complexity index is 1060. The molecule has 1 aromatic heterocycles. The van der Waals surface area contributed by atoms with E-state index in [9.17, 15) is 26.4 Å². The minimum atomic E-state index is -5.44. The Morgan fingerprint density at radius 1 is 1.03 bits per heavy atom. The molecule has 0 atom stereocenters. The molecular formula is C20H23F3N4O3S. The summed E-state index contributed by atoms with van der Waals surface area (Å²) < 4.78 is 60.9. The maximum absolute atomic E-state index is 12.7. The molecule has 0 spiro atoms. The average molecular weight is 456 g/mol. The fourth-order valence-electron chi connectivity index (χ4n) is 3.23. The average Bonchev–Trinajstić information content (AvgIpc) is 2.72. The molecule has 2 heterocycles. The topological polar surface area (TPSA) is 83.5 Å². The number of piperazine rings is 1. The number of anilines is 1. The van der Waals surface area contributed by atoms with Crippen LogP contribution < -0.4 is 4.90 Å². The Morgan fingerprint density at radius 3 is 2.13 bits per heavy atom. The Labute approximate surface area is 178 Å². The molecule has 1 aromatic carbocycles. The van der Waals surface area contributed by atoms with Gasteiger partial charge in [0.05, 0.1) is 4.90 Å². The summed E-state index contributed by atoms with van der Waals surface area (Å²) in [4.78, 5) is 24.5. The van der Waals surface area contributed by atoms with Gasteiger partial charge in [-0.15, -0.1) is 0 Å². The van der Waals surface area contributed by atoms with Crippen LogP contribution in [-0.4, -0.2) is 60.9 Å². The smallest absolute Gasteiger partial charge is 0.353 e. The van der Waals surface area contributed by atoms with Crippen LogP contribution in [0.1, 0.15) is 41.6 Å². The monoisotopic (exact) mass is 456 g/mol. The van der Waals surface area contributed by atoms with Gasteiger partial charge >= 0.3 is 5.51 Å². The van der Waals surface area contributed by atoms with Crippen LogP contribution in [0.3, 0.4) is 0 Å². The number of carbonyl (C=O) groups is 1. The third kappa shape index (κ3) is 4.81. The van der Waals surface area contributed by atoms with Gasteiger partial charge in [-0.1, -0.05) is 13.8 Å². The molecule has 11 heteroatoms. The fourth-order valence-corrected chi connectivity index (χ4v) is 3.99. The fraction of sp³-hybridized carbons (Fsp3) is 0.450. The van der Waals surface area contributed by atoms with E-state index >= 15 is 0 Å². The van der Waals surface area contributed by atoms with Crippen LogP contribution in [0.2, 0.25) is 0 Å². The van der Waals surface area contributed by atoms with E-state index in [4.69, 9.17) is 0 Å². The highest BCUT2D eigenvalue weighted by Crippen LogP contribution is 2.30. The Hall–Kier alpha value is -2.69. The lowest BCUT2D eigenvalue weighted by Crippen LogP contribution is -2.49. The summed E-state index contributed by atoms with van der Waals surface area (Å²) in [6, 6.07) is 5.72. The molecule has 31 heavy (non-hydrogen) atoms. The number of amides is 1. The van der Waals surface area contributed by atoms with Gasteiger partial charge < -0.3 is 9.80 Å². The van der Waals surface area contributed by atoms with Crippen molar-refractivity contribution < 1.29 is 26.4 Å². The predicted octanol–water partition coefficient (Wildman–Crippen LogP) is 3.16. The number of carbonyl (C=O) groups excluding carboxylic acids is 1. The van der Waals surface area contributed by atoms with E-state index in [1.807, 2.05) is 26.8 Å². The molecule has 0 N–H and O–H groups in total. The lowest BCUT2D eigenvalue weighted by molar-refractivity contribution is -0.0436. The van der Waals surface area contributed by atoms with Crippen molar-refractivity contribution in [3.63, 3.8) is 0 Å². The zero-order chi connectivity index (χ0) is 23.0. The number of benzene rings is 1. The standard InChI is InChI=1S/C20H23F3N4O3S/c1-13(2)18-24-14(3)12-17(25-18)26-8-10-27(11-9-26)19(28)15-4-6-16(7-5-15)31(29,30)20(21,22)23/h4-7,12-13H,8-11H2,1-3H3. The minimum absolute atomic E-state index is 0.134. The van der Waals surface area contributed by atoms with Crippen molar-refractivity contribution in [2.45, 2.75) is 37.1 Å². The predicted molar refractivity (Wildman–Crippen MR) is 109 cm³/mol. The Morgan fingerprint density at radius 2 is 1.61 bits per heavy atom. The molecule has 0 unspecified atom stereocenters. The van der Waals surface area contributed by atoms with Crippen molar-refractivity contribution in [2.75, 3.05) is 31.1 Å². The van der Waals surface area contributed by atoms with E-state index < -0.39 is 20.2 Å². The number of hydrogen-bond donors (Lipinski definition) is 0. The number of halogens is 3. The number of aryl methyl sites for hydroxylation is 1. The van der Waals surface area contributed by atoms with Gasteiger partial charge in [0.25, 0.3) is 15.7 Å². The molecule has 1 saturated heterocycles. The third-order valence-electron chi connectivity index (χ3n) is 4.98. The van der Waals surface area contributed by atoms with E-state index in [0.29, 0.717) is 26.2 Å². The zero-order valence-corrected chi connectivity index (χ0v) is 18.2. The number of hydrogen-bond acceptors (Lipinski definition) is 6. The van der Waals surface area contributed by atoms with E-state index in [-0.39, 0.29) is 17.4 Å². The normalized spacial score (nSPS) is 15.5. The molecule has 0 bridgehead atoms. The van der Waals surface area contributed by atoms with Gasteiger partial charge in [0.2, 0.25) is 0 Å². The summed E-state index contributed by atoms with van der Waals surface area (Å²) in [5.41, 5.74) is -4.39. The van der Waals surface area contributed by atoms with Crippen LogP contribution in [0.4, 0.5) is 19.0 Å². The van der Waals surface area contributed by atoms with Crippen molar-refractivity contribution in [3.05, 3.63) is 47.4 Å². The summed E-state index contributed by atoms with van der Waals surface area (Å²) in [6.07, 6.45) is 0. The second kappa shape index (κ2) is 8.45. The molecule has 0 aliphatic carbocycles. The van der Waals surface area contributed by atoms with E-state index in [2.05, 4.69) is 14.9 Å². The van der Waals surface area contributed by atoms with E-state index in [0.717, 1.165) is 41.6 Å². The summed E-state index contributed by atoms with van der Waals surface area (Å²) in [5, 5.41) is 0. The Kier molecular flexibility index (Phi) is 6.26. The van der Waals surface area contributed by atoms with Gasteiger partial charge in [-0.05, 0) is 31.2 Å². The minimum Gasteiger partial charge on any atom is -0.353 e. The van der Waals surface area contributed by atoms with Gasteiger partial charge in [0.15, 0.2) is 0 Å². The van der Waals surface area contributed by atoms with Gasteiger partial charge in [-0.2, -0.15) is 13.2 Å². The molecule has 3 rings (SSSR count). The lowest BCUT2D eigenvalue weighted by atomic mass is 10.1. The molecule has 1 aliphatic rings. The van der Waals surface area contributed by atoms with Crippen molar-refractivity contribution in [1.82, 2.24) is 14.9 Å². The summed E-state index contributed by atoms with van der Waals surface area (Å²) in [7, 11) is -5.44. The highest BCUT2D eigenvalue weighted by molar-refractivity contribution is 7.92. The summed E-state index contributed by atoms with van der Waals surface area (Å²) in [6.45, 7) is 7.82. The van der Waals surface area contributed by atoms with Crippen LogP contribution in [-0.2, 0) is 9.84 Å². The van der Waals surface area contributed by atoms with Crippen LogP contribution in [0.5, 0.6) is 0 Å². The van der Waals surface area contributed by atoms with Crippen LogP contribution in [0, 0.1) is 6.92 Å². The molecule has 0 radical (unpaired) electrons. The van der Waals surface area contributed by atoms with Crippen LogP contribution in [0.25, 0.3) is 0 Å². The number of aromatic nitrogens is 2. The highest BCUT2D eigenvalue weighted by Gasteiger charge is 2.46. The molecule has 0 saturated carbocycles. The van der Waals surface area contributed by atoms with Crippen LogP contribution >= 0.6 is 0 Å². The van der Waals surface area contributed by atoms with Crippen molar-refractivity contribution in [3.8, 4) is 0 Å². The quantitative estimate of drug-likeness (QED) is 0.703. The van der Waals surface area contributed by atoms with Gasteiger partial charge in [-0.3, -0.25) is 4.79 Å². The molecule has 1 fully saturated rings. The number of nitrogens with zero attached hydrogens (tertiary/aromatic N) is 4. The maximum atomic E-state index is 12.7. The SMILES string of the molecule is Cc1cc(N2CCN(C(=O)c3ccc(S(=O)(=O)C(F)(F)F)cc3)CC2)nc(C(C)C)n1.